The van der Waals surface area contributed by atoms with Crippen LogP contribution in [0.1, 0.15) is 68.4 Å². The number of nitrogens with one attached hydrogen (secondary N) is 2. The van der Waals surface area contributed by atoms with E-state index < -0.39 is 23.6 Å². The third kappa shape index (κ3) is 4.77. The monoisotopic (exact) mass is 476 g/mol. The minimum Gasteiger partial charge on any atom is -0.481 e. The number of fused-ring (bicyclic) bond motifs is 3. The average Bonchev–Trinajstić information content (AvgIpc) is 3.38. The van der Waals surface area contributed by atoms with E-state index >= 15 is 0 Å². The minimum absolute atomic E-state index is 0.0405. The van der Waals surface area contributed by atoms with Gasteiger partial charge in [-0.05, 0) is 53.9 Å². The fourth-order valence-corrected chi connectivity index (χ4v) is 5.96. The van der Waals surface area contributed by atoms with Gasteiger partial charge in [-0.25, -0.2) is 4.79 Å². The third-order valence-corrected chi connectivity index (χ3v) is 7.96. The van der Waals surface area contributed by atoms with Crippen molar-refractivity contribution in [3.05, 3.63) is 59.7 Å². The van der Waals surface area contributed by atoms with E-state index in [0.717, 1.165) is 54.4 Å². The first kappa shape index (κ1) is 23.4. The lowest BCUT2D eigenvalue weighted by atomic mass is 9.79. The quantitative estimate of drug-likeness (QED) is 0.517. The summed E-state index contributed by atoms with van der Waals surface area (Å²) in [5, 5.41) is 15.2. The highest BCUT2D eigenvalue weighted by atomic mass is 16.5. The topological polar surface area (TPSA) is 105 Å². The number of hydrogen-bond acceptors (Lipinski definition) is 4. The minimum atomic E-state index is -0.920. The predicted octanol–water partition coefficient (Wildman–Crippen LogP) is 4.60. The van der Waals surface area contributed by atoms with Gasteiger partial charge in [0.1, 0.15) is 12.6 Å². The zero-order valence-corrected chi connectivity index (χ0v) is 19.8. The van der Waals surface area contributed by atoms with Crippen LogP contribution in [0.15, 0.2) is 48.5 Å². The Hall–Kier alpha value is -3.35. The summed E-state index contributed by atoms with van der Waals surface area (Å²) in [5.74, 6) is -1.23. The summed E-state index contributed by atoms with van der Waals surface area (Å²) in [6.07, 6.45) is 5.09. The number of alkyl carbamates (subject to hydrolysis) is 1. The Morgan fingerprint density at radius 3 is 2.09 bits per heavy atom. The van der Waals surface area contributed by atoms with Crippen LogP contribution in [-0.2, 0) is 14.3 Å². The van der Waals surface area contributed by atoms with Gasteiger partial charge in [0.25, 0.3) is 0 Å². The molecule has 2 aromatic rings. The van der Waals surface area contributed by atoms with Crippen molar-refractivity contribution in [2.75, 3.05) is 6.61 Å². The summed E-state index contributed by atoms with van der Waals surface area (Å²) in [6.45, 7) is 0.182. The van der Waals surface area contributed by atoms with Crippen LogP contribution in [0, 0.1) is 5.92 Å². The fourth-order valence-electron chi connectivity index (χ4n) is 5.96. The molecule has 0 heterocycles. The molecule has 7 nitrogen and oxygen atoms in total. The molecule has 3 aliphatic carbocycles. The molecule has 0 radical (unpaired) electrons. The van der Waals surface area contributed by atoms with Crippen LogP contribution < -0.4 is 10.6 Å². The summed E-state index contributed by atoms with van der Waals surface area (Å²) >= 11 is 0. The number of carboxylic acids is 1. The third-order valence-electron chi connectivity index (χ3n) is 7.96. The standard InChI is InChI=1S/C28H32N2O5/c31-24(32)16-28(14-5-6-15-28)30-26(33)25(18-8-7-9-18)29-27(34)35-17-23-21-12-3-1-10-19(21)20-11-2-4-13-22(20)23/h1-4,10-13,18,23,25H,5-9,14-17H2,(H,29,34)(H,30,33)(H,31,32). The van der Waals surface area contributed by atoms with Gasteiger partial charge in [-0.3, -0.25) is 9.59 Å². The van der Waals surface area contributed by atoms with Crippen LogP contribution in [0.2, 0.25) is 0 Å². The van der Waals surface area contributed by atoms with Crippen molar-refractivity contribution in [3.63, 3.8) is 0 Å². The molecule has 0 bridgehead atoms. The second-order valence-electron chi connectivity index (χ2n) is 10.2. The molecule has 3 N–H and O–H groups in total. The lowest BCUT2D eigenvalue weighted by Crippen LogP contribution is -2.58. The van der Waals surface area contributed by atoms with Crippen molar-refractivity contribution >= 4 is 18.0 Å². The van der Waals surface area contributed by atoms with E-state index in [0.29, 0.717) is 12.8 Å². The summed E-state index contributed by atoms with van der Waals surface area (Å²) in [4.78, 5) is 37.6. The van der Waals surface area contributed by atoms with Crippen LogP contribution in [0.3, 0.4) is 0 Å². The number of benzene rings is 2. The molecule has 0 spiro atoms. The highest BCUT2D eigenvalue weighted by Gasteiger charge is 2.42. The average molecular weight is 477 g/mol. The Labute approximate surface area is 205 Å². The maximum absolute atomic E-state index is 13.3. The first-order valence-electron chi connectivity index (χ1n) is 12.6. The Balaban J connectivity index is 1.25. The van der Waals surface area contributed by atoms with Gasteiger partial charge in [-0.2, -0.15) is 0 Å². The molecule has 35 heavy (non-hydrogen) atoms. The van der Waals surface area contributed by atoms with Gasteiger partial charge in [0.15, 0.2) is 0 Å². The van der Waals surface area contributed by atoms with Gasteiger partial charge < -0.3 is 20.5 Å². The molecule has 2 aromatic carbocycles. The van der Waals surface area contributed by atoms with E-state index in [2.05, 4.69) is 34.9 Å². The molecule has 2 fully saturated rings. The number of carboxylic acid groups (broad SMARTS) is 1. The maximum atomic E-state index is 13.3. The van der Waals surface area contributed by atoms with E-state index in [9.17, 15) is 19.5 Å². The Kier molecular flexibility index (Phi) is 6.50. The van der Waals surface area contributed by atoms with Gasteiger partial charge in [0.05, 0.1) is 12.0 Å². The van der Waals surface area contributed by atoms with E-state index in [1.807, 2.05) is 24.3 Å². The van der Waals surface area contributed by atoms with Crippen molar-refractivity contribution in [3.8, 4) is 11.1 Å². The fraction of sp³-hybridized carbons (Fsp3) is 0.464. The number of carbonyl (C=O) groups is 3. The first-order chi connectivity index (χ1) is 17.0. The highest BCUT2D eigenvalue weighted by molar-refractivity contribution is 5.87. The zero-order chi connectivity index (χ0) is 24.4. The van der Waals surface area contributed by atoms with E-state index in [1.165, 1.54) is 0 Å². The van der Waals surface area contributed by atoms with Gasteiger partial charge in [0, 0.05) is 5.92 Å². The zero-order valence-electron chi connectivity index (χ0n) is 19.8. The summed E-state index contributed by atoms with van der Waals surface area (Å²) in [6, 6.07) is 15.6. The number of rotatable bonds is 8. The molecule has 2 saturated carbocycles. The van der Waals surface area contributed by atoms with Gasteiger partial charge >= 0.3 is 12.1 Å². The molecular weight excluding hydrogens is 444 g/mol. The van der Waals surface area contributed by atoms with Crippen LogP contribution in [0.4, 0.5) is 4.79 Å². The molecule has 2 amide bonds. The predicted molar refractivity (Wildman–Crippen MR) is 131 cm³/mol. The van der Waals surface area contributed by atoms with Crippen LogP contribution in [0.5, 0.6) is 0 Å². The maximum Gasteiger partial charge on any atom is 0.407 e. The summed E-state index contributed by atoms with van der Waals surface area (Å²) in [7, 11) is 0. The molecule has 0 aliphatic heterocycles. The molecule has 0 saturated heterocycles. The van der Waals surface area contributed by atoms with Crippen molar-refractivity contribution in [2.45, 2.75) is 68.9 Å². The number of aliphatic carboxylic acids is 1. The van der Waals surface area contributed by atoms with E-state index in [-0.39, 0.29) is 30.8 Å². The first-order valence-corrected chi connectivity index (χ1v) is 12.6. The van der Waals surface area contributed by atoms with E-state index in [4.69, 9.17) is 4.74 Å². The molecule has 3 aliphatic rings. The molecule has 1 atom stereocenters. The largest absolute Gasteiger partial charge is 0.481 e. The Morgan fingerprint density at radius 2 is 1.54 bits per heavy atom. The lowest BCUT2D eigenvalue weighted by molar-refractivity contribution is -0.139. The number of hydrogen-bond donors (Lipinski definition) is 3. The number of carbonyl (C=O) groups excluding carboxylic acids is 2. The Morgan fingerprint density at radius 1 is 0.943 bits per heavy atom. The molecule has 5 rings (SSSR count). The number of ether oxygens (including phenoxy) is 1. The smallest absolute Gasteiger partial charge is 0.407 e. The highest BCUT2D eigenvalue weighted by Crippen LogP contribution is 2.44. The summed E-state index contributed by atoms with van der Waals surface area (Å²) in [5.41, 5.74) is 3.85. The Bertz CT molecular complexity index is 1070. The molecular formula is C28H32N2O5. The van der Waals surface area contributed by atoms with Gasteiger partial charge in [0.2, 0.25) is 5.91 Å². The van der Waals surface area contributed by atoms with Crippen molar-refractivity contribution in [1.82, 2.24) is 10.6 Å². The molecule has 1 unspecified atom stereocenters. The number of amides is 2. The molecule has 184 valence electrons. The van der Waals surface area contributed by atoms with Crippen molar-refractivity contribution in [1.29, 1.82) is 0 Å². The van der Waals surface area contributed by atoms with Gasteiger partial charge in [-0.15, -0.1) is 0 Å². The molecule has 0 aromatic heterocycles. The van der Waals surface area contributed by atoms with Gasteiger partial charge in [-0.1, -0.05) is 67.8 Å². The normalized spacial score (nSPS) is 19.2. The SMILES string of the molecule is O=C(O)CC1(NC(=O)C(NC(=O)OCC2c3ccccc3-c3ccccc32)C2CCC2)CCCC1. The second-order valence-corrected chi connectivity index (χ2v) is 10.2. The van der Waals surface area contributed by atoms with E-state index in [1.54, 1.807) is 0 Å². The second kappa shape index (κ2) is 9.72. The van der Waals surface area contributed by atoms with Crippen LogP contribution >= 0.6 is 0 Å². The van der Waals surface area contributed by atoms with Crippen LogP contribution in [-0.4, -0.2) is 41.3 Å². The lowest BCUT2D eigenvalue weighted by Gasteiger charge is -2.36. The molecule has 7 heteroatoms. The summed E-state index contributed by atoms with van der Waals surface area (Å²) < 4.78 is 5.67. The van der Waals surface area contributed by atoms with Crippen LogP contribution in [0.25, 0.3) is 11.1 Å². The van der Waals surface area contributed by atoms with Crippen molar-refractivity contribution in [2.24, 2.45) is 5.92 Å². The van der Waals surface area contributed by atoms with Crippen molar-refractivity contribution < 1.29 is 24.2 Å².